The van der Waals surface area contributed by atoms with Crippen LogP contribution in [-0.4, -0.2) is 35.1 Å². The molecule has 9 heteroatoms. The van der Waals surface area contributed by atoms with Crippen LogP contribution in [0.1, 0.15) is 0 Å². The fraction of sp³-hybridized carbons (Fsp3) is 0.167. The fourth-order valence-electron chi connectivity index (χ4n) is 2.40. The van der Waals surface area contributed by atoms with Gasteiger partial charge in [0.15, 0.2) is 11.5 Å². The van der Waals surface area contributed by atoms with Crippen LogP contribution < -0.4 is 14.8 Å². The Kier molecular flexibility index (Phi) is 5.17. The van der Waals surface area contributed by atoms with Gasteiger partial charge in [-0.15, -0.1) is 16.9 Å². The van der Waals surface area contributed by atoms with Crippen molar-refractivity contribution in [1.29, 1.82) is 0 Å². The van der Waals surface area contributed by atoms with Crippen LogP contribution >= 0.6 is 23.4 Å². The molecule has 1 N–H and O–H groups in total. The number of fused-ring (bicyclic) bond motifs is 1. The highest BCUT2D eigenvalue weighted by molar-refractivity contribution is 8.00. The van der Waals surface area contributed by atoms with E-state index in [1.54, 1.807) is 30.3 Å². The molecule has 1 aliphatic heterocycles. The lowest BCUT2D eigenvalue weighted by Gasteiger charge is -2.18. The summed E-state index contributed by atoms with van der Waals surface area (Å²) in [5.74, 6) is 1.56. The molecule has 1 aliphatic rings. The zero-order chi connectivity index (χ0) is 18.6. The zero-order valence-electron chi connectivity index (χ0n) is 14.0. The van der Waals surface area contributed by atoms with E-state index in [2.05, 4.69) is 15.5 Å². The molecule has 2 heterocycles. The number of nitrogens with one attached hydrogen (secondary N) is 1. The molecule has 0 spiro atoms. The van der Waals surface area contributed by atoms with Gasteiger partial charge in [-0.2, -0.15) is 0 Å². The number of nitrogens with zero attached hydrogens (tertiary/aromatic N) is 2. The van der Waals surface area contributed by atoms with E-state index in [0.29, 0.717) is 35.3 Å². The fourth-order valence-corrected chi connectivity index (χ4v) is 3.23. The molecule has 0 radical (unpaired) electrons. The monoisotopic (exact) mass is 403 g/mol. The summed E-state index contributed by atoms with van der Waals surface area (Å²) in [6, 6.07) is 12.7. The maximum Gasteiger partial charge on any atom is 0.322 e. The average molecular weight is 404 g/mol. The maximum atomic E-state index is 12.1. The number of thioether (sulfide) groups is 1. The molecule has 0 atom stereocenters. The Morgan fingerprint density at radius 1 is 1.07 bits per heavy atom. The number of hydrogen-bond acceptors (Lipinski definition) is 7. The minimum absolute atomic E-state index is 0.0431. The summed E-state index contributed by atoms with van der Waals surface area (Å²) >= 11 is 7.23. The van der Waals surface area contributed by atoms with Gasteiger partial charge in [0.05, 0.1) is 5.75 Å². The highest BCUT2D eigenvalue weighted by atomic mass is 35.5. The van der Waals surface area contributed by atoms with Gasteiger partial charge in [0.25, 0.3) is 0 Å². The van der Waals surface area contributed by atoms with E-state index in [-0.39, 0.29) is 23.6 Å². The smallest absolute Gasteiger partial charge is 0.322 e. The summed E-state index contributed by atoms with van der Waals surface area (Å²) < 4.78 is 16.5. The predicted octanol–water partition coefficient (Wildman–Crippen LogP) is 3.89. The third-order valence-corrected chi connectivity index (χ3v) is 4.91. The quantitative estimate of drug-likeness (QED) is 0.646. The molecule has 0 bridgehead atoms. The van der Waals surface area contributed by atoms with Crippen molar-refractivity contribution < 1.29 is 18.7 Å². The van der Waals surface area contributed by atoms with Gasteiger partial charge in [0, 0.05) is 15.5 Å². The molecule has 0 fully saturated rings. The van der Waals surface area contributed by atoms with E-state index in [1.165, 1.54) is 11.8 Å². The van der Waals surface area contributed by atoms with Gasteiger partial charge in [-0.1, -0.05) is 16.7 Å². The van der Waals surface area contributed by atoms with E-state index >= 15 is 0 Å². The molecule has 7 nitrogen and oxygen atoms in total. The van der Waals surface area contributed by atoms with Crippen molar-refractivity contribution >= 4 is 35.3 Å². The van der Waals surface area contributed by atoms with E-state index in [0.717, 1.165) is 4.90 Å². The van der Waals surface area contributed by atoms with Crippen LogP contribution in [0, 0.1) is 0 Å². The highest BCUT2D eigenvalue weighted by Gasteiger charge is 2.16. The van der Waals surface area contributed by atoms with Crippen molar-refractivity contribution in [2.75, 3.05) is 24.3 Å². The number of ether oxygens (including phenoxy) is 2. The van der Waals surface area contributed by atoms with Crippen molar-refractivity contribution in [2.24, 2.45) is 0 Å². The van der Waals surface area contributed by atoms with Crippen molar-refractivity contribution in [1.82, 2.24) is 10.2 Å². The van der Waals surface area contributed by atoms with Crippen LogP contribution in [0.25, 0.3) is 11.5 Å². The second kappa shape index (κ2) is 7.89. The zero-order valence-corrected chi connectivity index (χ0v) is 15.5. The average Bonchev–Trinajstić information content (AvgIpc) is 3.15. The van der Waals surface area contributed by atoms with Gasteiger partial charge in [0.2, 0.25) is 11.8 Å². The van der Waals surface area contributed by atoms with Crippen LogP contribution in [0.15, 0.2) is 51.8 Å². The maximum absolute atomic E-state index is 12.1. The third kappa shape index (κ3) is 4.35. The second-order valence-corrected chi connectivity index (χ2v) is 7.05. The molecule has 2 aromatic carbocycles. The number of hydrogen-bond donors (Lipinski definition) is 1. The molecule has 0 saturated heterocycles. The molecule has 1 aromatic heterocycles. The Hall–Kier alpha value is -2.71. The van der Waals surface area contributed by atoms with E-state index in [9.17, 15) is 4.79 Å². The molecule has 27 heavy (non-hydrogen) atoms. The number of anilines is 1. The summed E-state index contributed by atoms with van der Waals surface area (Å²) in [5.41, 5.74) is 0.683. The molecule has 1 amide bonds. The molecular formula is C18H14ClN3O4S. The first-order chi connectivity index (χ1) is 13.2. The summed E-state index contributed by atoms with van der Waals surface area (Å²) in [4.78, 5) is 13.0. The van der Waals surface area contributed by atoms with Crippen molar-refractivity contribution in [3.63, 3.8) is 0 Å². The van der Waals surface area contributed by atoms with Crippen molar-refractivity contribution in [3.8, 4) is 23.0 Å². The number of carbonyl (C=O) groups excluding carboxylic acids is 1. The summed E-state index contributed by atoms with van der Waals surface area (Å²) in [6.07, 6.45) is 0. The molecule has 4 rings (SSSR count). The minimum atomic E-state index is -0.243. The minimum Gasteiger partial charge on any atom is -0.486 e. The predicted molar refractivity (Wildman–Crippen MR) is 102 cm³/mol. The Bertz CT molecular complexity index is 961. The first-order valence-corrected chi connectivity index (χ1v) is 9.45. The SMILES string of the molecule is O=C(CSc1ccc(Cl)cc1)Nc1nnc(-c2ccc3c(c2)OCCO3)o1. The standard InChI is InChI=1S/C18H14ClN3O4S/c19-12-2-4-13(5-3-12)27-10-16(23)20-18-22-21-17(26-18)11-1-6-14-15(9-11)25-8-7-24-14/h1-6,9H,7-8,10H2,(H,20,22,23). The Balaban J connectivity index is 1.37. The molecule has 0 aliphatic carbocycles. The van der Waals surface area contributed by atoms with Crippen molar-refractivity contribution in [3.05, 3.63) is 47.5 Å². The Morgan fingerprint density at radius 2 is 1.85 bits per heavy atom. The summed E-state index contributed by atoms with van der Waals surface area (Å²) in [5, 5.41) is 11.1. The largest absolute Gasteiger partial charge is 0.486 e. The number of amides is 1. The molecule has 3 aromatic rings. The number of halogens is 1. The third-order valence-electron chi connectivity index (χ3n) is 3.64. The first kappa shape index (κ1) is 17.7. The molecule has 0 unspecified atom stereocenters. The second-order valence-electron chi connectivity index (χ2n) is 5.56. The van der Waals surface area contributed by atoms with E-state index in [1.807, 2.05) is 12.1 Å². The van der Waals surface area contributed by atoms with Gasteiger partial charge in [-0.05, 0) is 42.5 Å². The lowest BCUT2D eigenvalue weighted by atomic mass is 10.2. The van der Waals surface area contributed by atoms with Gasteiger partial charge in [-0.3, -0.25) is 10.1 Å². The number of benzene rings is 2. The number of aromatic nitrogens is 2. The lowest BCUT2D eigenvalue weighted by Crippen LogP contribution is -2.15. The van der Waals surface area contributed by atoms with E-state index in [4.69, 9.17) is 25.5 Å². The molecule has 138 valence electrons. The summed E-state index contributed by atoms with van der Waals surface area (Å²) in [6.45, 7) is 1.02. The van der Waals surface area contributed by atoms with Crippen LogP contribution in [0.5, 0.6) is 11.5 Å². The first-order valence-electron chi connectivity index (χ1n) is 8.09. The van der Waals surface area contributed by atoms with Crippen LogP contribution in [0.4, 0.5) is 6.01 Å². The highest BCUT2D eigenvalue weighted by Crippen LogP contribution is 2.34. The Labute approximate surface area is 164 Å². The van der Waals surface area contributed by atoms with Crippen LogP contribution in [0.2, 0.25) is 5.02 Å². The molecular weight excluding hydrogens is 390 g/mol. The number of rotatable bonds is 5. The molecule has 0 saturated carbocycles. The van der Waals surface area contributed by atoms with E-state index < -0.39 is 0 Å². The van der Waals surface area contributed by atoms with Gasteiger partial charge >= 0.3 is 6.01 Å². The lowest BCUT2D eigenvalue weighted by molar-refractivity contribution is -0.113. The van der Waals surface area contributed by atoms with Gasteiger partial charge < -0.3 is 13.9 Å². The van der Waals surface area contributed by atoms with Gasteiger partial charge in [-0.25, -0.2) is 0 Å². The van der Waals surface area contributed by atoms with Crippen LogP contribution in [-0.2, 0) is 4.79 Å². The Morgan fingerprint density at radius 3 is 2.67 bits per heavy atom. The topological polar surface area (TPSA) is 86.5 Å². The van der Waals surface area contributed by atoms with Gasteiger partial charge in [0.1, 0.15) is 13.2 Å². The number of carbonyl (C=O) groups is 1. The van der Waals surface area contributed by atoms with Crippen LogP contribution in [0.3, 0.4) is 0 Å². The summed E-state index contributed by atoms with van der Waals surface area (Å²) in [7, 11) is 0. The normalized spacial score (nSPS) is 12.6. The van der Waals surface area contributed by atoms with Crippen molar-refractivity contribution in [2.45, 2.75) is 4.90 Å².